The number of nitrogens with one attached hydrogen (secondary N) is 1. The van der Waals surface area contributed by atoms with E-state index in [1.807, 2.05) is 4.52 Å². The normalized spacial score (nSPS) is 21.8. The summed E-state index contributed by atoms with van der Waals surface area (Å²) in [6.07, 6.45) is 7.32. The minimum atomic E-state index is -0.168. The van der Waals surface area contributed by atoms with Gasteiger partial charge >= 0.3 is 0 Å². The van der Waals surface area contributed by atoms with Crippen LogP contribution in [0.4, 0.5) is 11.5 Å². The van der Waals surface area contributed by atoms with E-state index in [1.54, 1.807) is 17.9 Å². The molecule has 2 saturated heterocycles. The highest BCUT2D eigenvalue weighted by Gasteiger charge is 2.30. The fourth-order valence-corrected chi connectivity index (χ4v) is 7.10. The van der Waals surface area contributed by atoms with E-state index in [0.717, 1.165) is 67.8 Å². The van der Waals surface area contributed by atoms with Gasteiger partial charge < -0.3 is 30.5 Å². The van der Waals surface area contributed by atoms with Gasteiger partial charge in [-0.2, -0.15) is 5.10 Å². The predicted octanol–water partition coefficient (Wildman–Crippen LogP) is 3.14. The number of nitrogen functional groups attached to an aromatic ring is 1. The van der Waals surface area contributed by atoms with Crippen molar-refractivity contribution in [2.24, 2.45) is 0 Å². The first kappa shape index (κ1) is 27.8. The molecule has 2 atom stereocenters. The number of hydrogen-bond donors (Lipinski definition) is 2. The van der Waals surface area contributed by atoms with Crippen molar-refractivity contribution in [3.05, 3.63) is 39.4 Å². The minimum Gasteiger partial charge on any atom is -0.487 e. The maximum absolute atomic E-state index is 13.5. The molecule has 11 nitrogen and oxygen atoms in total. The van der Waals surface area contributed by atoms with Gasteiger partial charge in [-0.3, -0.25) is 9.59 Å². The molecule has 0 saturated carbocycles. The van der Waals surface area contributed by atoms with Gasteiger partial charge in [0.15, 0.2) is 5.82 Å². The van der Waals surface area contributed by atoms with E-state index in [-0.39, 0.29) is 24.0 Å². The molecule has 3 aromatic rings. The smallest absolute Gasteiger partial charge is 0.265 e. The molecule has 2 fully saturated rings. The Hall–Kier alpha value is -3.35. The van der Waals surface area contributed by atoms with Crippen LogP contribution in [-0.4, -0.2) is 94.7 Å². The number of nitrogens with zero attached hydrogens (tertiary/aromatic N) is 6. The lowest BCUT2D eigenvalue weighted by Crippen LogP contribution is -2.47. The van der Waals surface area contributed by atoms with E-state index in [4.69, 9.17) is 22.1 Å². The Labute approximate surface area is 247 Å². The van der Waals surface area contributed by atoms with Crippen LogP contribution in [0.5, 0.6) is 5.75 Å². The molecule has 13 heteroatoms. The third-order valence-corrected chi connectivity index (χ3v) is 9.35. The van der Waals surface area contributed by atoms with Crippen molar-refractivity contribution in [1.82, 2.24) is 29.7 Å². The summed E-state index contributed by atoms with van der Waals surface area (Å²) in [5.74, 6) is 0.812. The zero-order valence-electron chi connectivity index (χ0n) is 23.3. The van der Waals surface area contributed by atoms with E-state index in [9.17, 15) is 9.59 Å². The van der Waals surface area contributed by atoms with Crippen LogP contribution < -0.4 is 20.7 Å². The van der Waals surface area contributed by atoms with Crippen molar-refractivity contribution >= 4 is 57.3 Å². The van der Waals surface area contributed by atoms with Crippen molar-refractivity contribution in [1.29, 1.82) is 0 Å². The SMILES string of the molecule is CC(=O)N1CC=C(c2cc(N3CCC[C@@H](NC(=O)c4sc(Cl)cc4OC4CCCN(C)C4)C3)c3c(N)ncnn23)C1. The molecule has 0 radical (unpaired) electrons. The average Bonchev–Trinajstić information content (AvgIpc) is 3.66. The molecule has 0 bridgehead atoms. The van der Waals surface area contributed by atoms with Crippen LogP contribution in [0.2, 0.25) is 4.34 Å². The fourth-order valence-electron chi connectivity index (χ4n) is 6.05. The molecule has 3 aromatic heterocycles. The number of anilines is 2. The molecule has 0 aromatic carbocycles. The molecule has 6 rings (SSSR count). The summed E-state index contributed by atoms with van der Waals surface area (Å²) in [7, 11) is 2.08. The van der Waals surface area contributed by atoms with Crippen molar-refractivity contribution in [2.75, 3.05) is 56.9 Å². The van der Waals surface area contributed by atoms with E-state index < -0.39 is 0 Å². The number of thiophene rings is 1. The first-order chi connectivity index (χ1) is 19.8. The third-order valence-electron chi connectivity index (χ3n) is 8.10. The summed E-state index contributed by atoms with van der Waals surface area (Å²) >= 11 is 7.59. The van der Waals surface area contributed by atoms with Crippen LogP contribution in [0.15, 0.2) is 24.5 Å². The number of carbonyl (C=O) groups is 2. The largest absolute Gasteiger partial charge is 0.487 e. The van der Waals surface area contributed by atoms with Crippen molar-refractivity contribution in [3.63, 3.8) is 0 Å². The Morgan fingerprint density at radius 1 is 1.20 bits per heavy atom. The number of halogens is 1. The summed E-state index contributed by atoms with van der Waals surface area (Å²) in [6, 6.07) is 3.76. The van der Waals surface area contributed by atoms with Crippen LogP contribution in [0.3, 0.4) is 0 Å². The quantitative estimate of drug-likeness (QED) is 0.444. The highest BCUT2D eigenvalue weighted by molar-refractivity contribution is 7.18. The Bertz CT molecular complexity index is 1500. The molecule has 3 N–H and O–H groups in total. The van der Waals surface area contributed by atoms with Gasteiger partial charge in [0.2, 0.25) is 5.91 Å². The Morgan fingerprint density at radius 3 is 2.80 bits per heavy atom. The minimum absolute atomic E-state index is 0.0350. The van der Waals surface area contributed by atoms with Crippen LogP contribution >= 0.6 is 22.9 Å². The second-order valence-electron chi connectivity index (χ2n) is 11.1. The topological polar surface area (TPSA) is 121 Å². The predicted molar refractivity (Wildman–Crippen MR) is 161 cm³/mol. The van der Waals surface area contributed by atoms with Gasteiger partial charge in [0, 0.05) is 51.8 Å². The molecule has 0 spiro atoms. The summed E-state index contributed by atoms with van der Waals surface area (Å²) in [5, 5.41) is 7.73. The number of nitrogens with two attached hydrogens (primary N) is 1. The number of likely N-dealkylation sites (N-methyl/N-ethyl adjacent to an activating group) is 1. The number of likely N-dealkylation sites (tertiary alicyclic amines) is 1. The molecule has 2 amide bonds. The molecule has 6 heterocycles. The maximum Gasteiger partial charge on any atom is 0.265 e. The Balaban J connectivity index is 1.20. The number of ether oxygens (including phenoxy) is 1. The van der Waals surface area contributed by atoms with Gasteiger partial charge in [-0.05, 0) is 50.9 Å². The second-order valence-corrected chi connectivity index (χ2v) is 12.8. The Kier molecular flexibility index (Phi) is 7.80. The van der Waals surface area contributed by atoms with Crippen LogP contribution in [0.1, 0.15) is 48.0 Å². The van der Waals surface area contributed by atoms with Gasteiger partial charge in [0.1, 0.15) is 28.6 Å². The fraction of sp³-hybridized carbons (Fsp3) is 0.500. The second kappa shape index (κ2) is 11.5. The van der Waals surface area contributed by atoms with E-state index in [2.05, 4.69) is 44.4 Å². The molecular formula is C28H35ClN8O3S. The highest BCUT2D eigenvalue weighted by Crippen LogP contribution is 2.36. The molecule has 3 aliphatic rings. The maximum atomic E-state index is 13.5. The summed E-state index contributed by atoms with van der Waals surface area (Å²) in [4.78, 5) is 36.4. The summed E-state index contributed by atoms with van der Waals surface area (Å²) in [5.41, 5.74) is 9.93. The molecular weight excluding hydrogens is 564 g/mol. The van der Waals surface area contributed by atoms with Crippen LogP contribution in [0, 0.1) is 0 Å². The van der Waals surface area contributed by atoms with Crippen LogP contribution in [0.25, 0.3) is 11.1 Å². The molecule has 1 unspecified atom stereocenters. The van der Waals surface area contributed by atoms with E-state index in [0.29, 0.717) is 40.4 Å². The highest BCUT2D eigenvalue weighted by atomic mass is 35.5. The standard InChI is InChI=1S/C28H35ClN8O3S/c1-17(38)35-10-7-18(13-35)21-11-22(25-27(30)31-16-32-37(21)25)36-9-3-5-19(14-36)33-28(39)26-23(12-24(29)41-26)40-20-6-4-8-34(2)15-20/h7,11-12,16,19-20H,3-6,8-10,13-15H2,1-2H3,(H,33,39)(H2,30,31,32)/t19-,20?/m1/s1. The lowest BCUT2D eigenvalue weighted by atomic mass is 10.0. The lowest BCUT2D eigenvalue weighted by molar-refractivity contribution is -0.127. The van der Waals surface area contributed by atoms with Gasteiger partial charge in [-0.1, -0.05) is 17.7 Å². The lowest BCUT2D eigenvalue weighted by Gasteiger charge is -2.34. The van der Waals surface area contributed by atoms with Gasteiger partial charge in [0.05, 0.1) is 15.7 Å². The molecule has 41 heavy (non-hydrogen) atoms. The summed E-state index contributed by atoms with van der Waals surface area (Å²) < 4.78 is 8.62. The monoisotopic (exact) mass is 598 g/mol. The molecule has 0 aliphatic carbocycles. The van der Waals surface area contributed by atoms with Crippen molar-refractivity contribution in [2.45, 2.75) is 44.8 Å². The van der Waals surface area contributed by atoms with Crippen molar-refractivity contribution < 1.29 is 14.3 Å². The van der Waals surface area contributed by atoms with Gasteiger partial charge in [-0.15, -0.1) is 11.3 Å². The first-order valence-electron chi connectivity index (χ1n) is 14.0. The number of rotatable bonds is 6. The summed E-state index contributed by atoms with van der Waals surface area (Å²) in [6.45, 7) is 5.98. The van der Waals surface area contributed by atoms with Crippen LogP contribution in [-0.2, 0) is 4.79 Å². The number of amides is 2. The first-order valence-corrected chi connectivity index (χ1v) is 15.2. The average molecular weight is 599 g/mol. The number of carbonyl (C=O) groups excluding carboxylic acids is 2. The Morgan fingerprint density at radius 2 is 2.02 bits per heavy atom. The number of hydrogen-bond acceptors (Lipinski definition) is 9. The van der Waals surface area contributed by atoms with E-state index in [1.165, 1.54) is 17.7 Å². The number of aromatic nitrogens is 3. The number of piperidine rings is 2. The zero-order valence-corrected chi connectivity index (χ0v) is 24.9. The number of fused-ring (bicyclic) bond motifs is 1. The van der Waals surface area contributed by atoms with Gasteiger partial charge in [-0.25, -0.2) is 9.50 Å². The van der Waals surface area contributed by atoms with Crippen molar-refractivity contribution in [3.8, 4) is 5.75 Å². The zero-order chi connectivity index (χ0) is 28.7. The van der Waals surface area contributed by atoms with E-state index >= 15 is 0 Å². The molecule has 3 aliphatic heterocycles. The van der Waals surface area contributed by atoms with Gasteiger partial charge in [0.25, 0.3) is 5.91 Å². The molecule has 218 valence electrons. The third kappa shape index (κ3) is 5.73.